The number of phenols is 1. The van der Waals surface area contributed by atoms with E-state index in [1.807, 2.05) is 0 Å². The van der Waals surface area contributed by atoms with E-state index >= 15 is 0 Å². The van der Waals surface area contributed by atoms with Crippen molar-refractivity contribution in [2.75, 3.05) is 13.2 Å². The Bertz CT molecular complexity index is 287. The molecule has 13 heavy (non-hydrogen) atoms. The van der Waals surface area contributed by atoms with Gasteiger partial charge < -0.3 is 15.9 Å². The summed E-state index contributed by atoms with van der Waals surface area (Å²) in [5.74, 6) is -0.0720. The molecule has 0 spiro atoms. The van der Waals surface area contributed by atoms with E-state index in [1.54, 1.807) is 12.1 Å². The van der Waals surface area contributed by atoms with Gasteiger partial charge in [-0.25, -0.2) is 0 Å². The first-order valence-electron chi connectivity index (χ1n) is 3.98. The van der Waals surface area contributed by atoms with Crippen molar-refractivity contribution in [1.82, 2.24) is 0 Å². The number of benzene rings is 1. The van der Waals surface area contributed by atoms with Gasteiger partial charge in [0.25, 0.3) is 0 Å². The standard InChI is InChI=1S/C9H12ClNO2/c10-8-3-6(1-2-9(8)13)7(4-11)5-12/h1-3,7,12-13H,4-5,11H2. The van der Waals surface area contributed by atoms with E-state index in [2.05, 4.69) is 0 Å². The van der Waals surface area contributed by atoms with E-state index in [4.69, 9.17) is 27.5 Å². The lowest BCUT2D eigenvalue weighted by atomic mass is 10.0. The molecule has 4 N–H and O–H groups in total. The van der Waals surface area contributed by atoms with Crippen molar-refractivity contribution in [3.05, 3.63) is 28.8 Å². The van der Waals surface area contributed by atoms with Crippen LogP contribution in [-0.2, 0) is 0 Å². The molecule has 1 aromatic rings. The summed E-state index contributed by atoms with van der Waals surface area (Å²) >= 11 is 5.70. The lowest BCUT2D eigenvalue weighted by Crippen LogP contribution is -2.15. The highest BCUT2D eigenvalue weighted by atomic mass is 35.5. The fourth-order valence-corrected chi connectivity index (χ4v) is 1.28. The molecule has 0 amide bonds. The third kappa shape index (κ3) is 2.34. The van der Waals surface area contributed by atoms with Gasteiger partial charge in [-0.3, -0.25) is 0 Å². The van der Waals surface area contributed by atoms with Crippen LogP contribution in [0.4, 0.5) is 0 Å². The number of halogens is 1. The predicted molar refractivity (Wildman–Crippen MR) is 52.0 cm³/mol. The Labute approximate surface area is 81.8 Å². The normalized spacial score (nSPS) is 12.8. The summed E-state index contributed by atoms with van der Waals surface area (Å²) in [5, 5.41) is 18.4. The molecule has 1 rings (SSSR count). The second kappa shape index (κ2) is 4.46. The minimum Gasteiger partial charge on any atom is -0.506 e. The van der Waals surface area contributed by atoms with E-state index in [9.17, 15) is 0 Å². The summed E-state index contributed by atoms with van der Waals surface area (Å²) in [6, 6.07) is 4.82. The number of phenolic OH excluding ortho intramolecular Hbond substituents is 1. The first-order valence-corrected chi connectivity index (χ1v) is 4.36. The van der Waals surface area contributed by atoms with Gasteiger partial charge >= 0.3 is 0 Å². The maximum absolute atomic E-state index is 9.15. The fraction of sp³-hybridized carbons (Fsp3) is 0.333. The van der Waals surface area contributed by atoms with Crippen LogP contribution in [0, 0.1) is 0 Å². The van der Waals surface area contributed by atoms with Gasteiger partial charge in [-0.1, -0.05) is 17.7 Å². The number of aliphatic hydroxyl groups is 1. The molecule has 0 bridgehead atoms. The second-order valence-electron chi connectivity index (χ2n) is 2.83. The topological polar surface area (TPSA) is 66.5 Å². The van der Waals surface area contributed by atoms with Crippen LogP contribution in [0.15, 0.2) is 18.2 Å². The maximum atomic E-state index is 9.15. The Morgan fingerprint density at radius 1 is 1.46 bits per heavy atom. The molecule has 0 heterocycles. The van der Waals surface area contributed by atoms with Gasteiger partial charge in [0.15, 0.2) is 0 Å². The zero-order valence-electron chi connectivity index (χ0n) is 7.07. The van der Waals surface area contributed by atoms with Crippen molar-refractivity contribution in [3.63, 3.8) is 0 Å². The highest BCUT2D eigenvalue weighted by Crippen LogP contribution is 2.26. The average Bonchev–Trinajstić information content (AvgIpc) is 2.13. The highest BCUT2D eigenvalue weighted by Gasteiger charge is 2.09. The molecule has 0 aliphatic heterocycles. The Kier molecular flexibility index (Phi) is 3.54. The molecule has 1 unspecified atom stereocenters. The van der Waals surface area contributed by atoms with Gasteiger partial charge in [-0.15, -0.1) is 0 Å². The third-order valence-electron chi connectivity index (χ3n) is 1.95. The van der Waals surface area contributed by atoms with E-state index in [0.717, 1.165) is 5.56 Å². The summed E-state index contributed by atoms with van der Waals surface area (Å²) in [5.41, 5.74) is 6.28. The zero-order chi connectivity index (χ0) is 9.84. The molecule has 72 valence electrons. The molecular weight excluding hydrogens is 190 g/mol. The number of rotatable bonds is 3. The Balaban J connectivity index is 2.95. The number of nitrogens with two attached hydrogens (primary N) is 1. The zero-order valence-corrected chi connectivity index (χ0v) is 7.83. The Morgan fingerprint density at radius 3 is 2.62 bits per heavy atom. The number of aromatic hydroxyl groups is 1. The van der Waals surface area contributed by atoms with Crippen molar-refractivity contribution in [1.29, 1.82) is 0 Å². The first kappa shape index (κ1) is 10.3. The molecule has 4 heteroatoms. The summed E-state index contributed by atoms with van der Waals surface area (Å²) in [7, 11) is 0. The molecule has 1 atom stereocenters. The van der Waals surface area contributed by atoms with E-state index in [-0.39, 0.29) is 23.3 Å². The number of hydrogen-bond acceptors (Lipinski definition) is 3. The summed E-state index contributed by atoms with van der Waals surface area (Å²) in [6.45, 7) is 0.342. The molecule has 0 saturated heterocycles. The van der Waals surface area contributed by atoms with Gasteiger partial charge in [-0.05, 0) is 17.7 Å². The molecule has 0 radical (unpaired) electrons. The van der Waals surface area contributed by atoms with Gasteiger partial charge in [0, 0.05) is 12.5 Å². The summed E-state index contributed by atoms with van der Waals surface area (Å²) in [6.07, 6.45) is 0. The second-order valence-corrected chi connectivity index (χ2v) is 3.23. The largest absolute Gasteiger partial charge is 0.506 e. The number of aliphatic hydroxyl groups excluding tert-OH is 1. The van der Waals surface area contributed by atoms with Gasteiger partial charge in [0.2, 0.25) is 0 Å². The predicted octanol–water partition coefficient (Wildman–Crippen LogP) is 1.08. The van der Waals surface area contributed by atoms with Crippen molar-refractivity contribution in [3.8, 4) is 5.75 Å². The van der Waals surface area contributed by atoms with Crippen LogP contribution in [-0.4, -0.2) is 23.4 Å². The Hall–Kier alpha value is -0.770. The molecule has 0 aliphatic rings. The van der Waals surface area contributed by atoms with Crippen LogP contribution in [0.1, 0.15) is 11.5 Å². The minimum atomic E-state index is -0.113. The molecular formula is C9H12ClNO2. The smallest absolute Gasteiger partial charge is 0.134 e. The van der Waals surface area contributed by atoms with Crippen molar-refractivity contribution < 1.29 is 10.2 Å². The van der Waals surface area contributed by atoms with Crippen molar-refractivity contribution in [2.45, 2.75) is 5.92 Å². The minimum absolute atomic E-state index is 0.0163. The summed E-state index contributed by atoms with van der Waals surface area (Å²) < 4.78 is 0. The molecule has 0 aromatic heterocycles. The van der Waals surface area contributed by atoms with E-state index in [1.165, 1.54) is 6.07 Å². The molecule has 0 aliphatic carbocycles. The van der Waals surface area contributed by atoms with Crippen molar-refractivity contribution >= 4 is 11.6 Å². The molecule has 3 nitrogen and oxygen atoms in total. The third-order valence-corrected chi connectivity index (χ3v) is 2.25. The fourth-order valence-electron chi connectivity index (χ4n) is 1.09. The van der Waals surface area contributed by atoms with Crippen LogP contribution in [0.5, 0.6) is 5.75 Å². The quantitative estimate of drug-likeness (QED) is 0.686. The lowest BCUT2D eigenvalue weighted by Gasteiger charge is -2.12. The van der Waals surface area contributed by atoms with E-state index in [0.29, 0.717) is 6.54 Å². The average molecular weight is 202 g/mol. The van der Waals surface area contributed by atoms with Crippen LogP contribution >= 0.6 is 11.6 Å². The van der Waals surface area contributed by atoms with Gasteiger partial charge in [-0.2, -0.15) is 0 Å². The highest BCUT2D eigenvalue weighted by molar-refractivity contribution is 6.32. The van der Waals surface area contributed by atoms with Crippen LogP contribution in [0.3, 0.4) is 0 Å². The molecule has 0 saturated carbocycles. The lowest BCUT2D eigenvalue weighted by molar-refractivity contribution is 0.268. The van der Waals surface area contributed by atoms with E-state index < -0.39 is 0 Å². The maximum Gasteiger partial charge on any atom is 0.134 e. The molecule has 1 aromatic carbocycles. The van der Waals surface area contributed by atoms with Crippen LogP contribution < -0.4 is 5.73 Å². The summed E-state index contributed by atoms with van der Waals surface area (Å²) in [4.78, 5) is 0. The Morgan fingerprint density at radius 2 is 2.15 bits per heavy atom. The molecule has 0 fully saturated rings. The van der Waals surface area contributed by atoms with Crippen LogP contribution in [0.2, 0.25) is 5.02 Å². The van der Waals surface area contributed by atoms with Crippen molar-refractivity contribution in [2.24, 2.45) is 5.73 Å². The SMILES string of the molecule is NCC(CO)c1ccc(O)c(Cl)c1. The first-order chi connectivity index (χ1) is 6.19. The monoisotopic (exact) mass is 201 g/mol. The number of hydrogen-bond donors (Lipinski definition) is 3. The van der Waals surface area contributed by atoms with Gasteiger partial charge in [0.1, 0.15) is 5.75 Å². The van der Waals surface area contributed by atoms with Gasteiger partial charge in [0.05, 0.1) is 11.6 Å². The van der Waals surface area contributed by atoms with Crippen LogP contribution in [0.25, 0.3) is 0 Å².